The quantitative estimate of drug-likeness (QED) is 0.714. The molecule has 3 rings (SSSR count). The van der Waals surface area contributed by atoms with Gasteiger partial charge in [-0.15, -0.1) is 0 Å². The topological polar surface area (TPSA) is 6.48 Å². The predicted molar refractivity (Wildman–Crippen MR) is 82.4 cm³/mol. The van der Waals surface area contributed by atoms with Crippen LogP contribution >= 0.6 is 0 Å². The molecule has 1 saturated heterocycles. The molecule has 2 aliphatic carbocycles. The van der Waals surface area contributed by atoms with Crippen LogP contribution in [0.1, 0.15) is 51.9 Å². The smallest absolute Gasteiger partial charge is 0.148 e. The molecule has 3 atom stereocenters. The molecule has 2 bridgehead atoms. The van der Waals surface area contributed by atoms with E-state index in [9.17, 15) is 0 Å². The summed E-state index contributed by atoms with van der Waals surface area (Å²) in [5, 5.41) is 0. The monoisotopic (exact) mass is 257 g/mol. The maximum absolute atomic E-state index is 5.65. The van der Waals surface area contributed by atoms with Gasteiger partial charge < -0.3 is 4.81 Å². The van der Waals surface area contributed by atoms with Crippen molar-refractivity contribution in [2.45, 2.75) is 57.4 Å². The largest absolute Gasteiger partial charge is 0.354 e. The number of hydrogen-bond donors (Lipinski definition) is 0. The van der Waals surface area contributed by atoms with Gasteiger partial charge in [0.25, 0.3) is 0 Å². The van der Waals surface area contributed by atoms with Crippen LogP contribution < -0.4 is 0 Å². The Morgan fingerprint density at radius 1 is 1.21 bits per heavy atom. The summed E-state index contributed by atoms with van der Waals surface area (Å²) >= 11 is 0. The molecule has 0 aromatic rings. The summed E-state index contributed by atoms with van der Waals surface area (Å²) in [4.78, 5) is 5.11. The van der Waals surface area contributed by atoms with E-state index in [1.54, 1.807) is 7.31 Å². The van der Waals surface area contributed by atoms with Gasteiger partial charge in [0, 0.05) is 26.4 Å². The minimum atomic E-state index is 0.558. The van der Waals surface area contributed by atoms with Crippen molar-refractivity contribution in [3.8, 4) is 0 Å². The Bertz CT molecular complexity index is 305. The van der Waals surface area contributed by atoms with Gasteiger partial charge >= 0.3 is 0 Å². The number of piperazine rings is 1. The van der Waals surface area contributed by atoms with Crippen molar-refractivity contribution < 1.29 is 0 Å². The van der Waals surface area contributed by atoms with E-state index >= 15 is 0 Å². The van der Waals surface area contributed by atoms with E-state index in [1.165, 1.54) is 58.0 Å². The zero-order valence-corrected chi connectivity index (χ0v) is 12.5. The summed E-state index contributed by atoms with van der Waals surface area (Å²) in [5.74, 6) is 2.00. The summed E-state index contributed by atoms with van der Waals surface area (Å²) in [6.07, 6.45) is 10.2. The molecule has 1 aliphatic heterocycles. The van der Waals surface area contributed by atoms with Gasteiger partial charge in [-0.1, -0.05) is 26.2 Å². The molecule has 0 aromatic carbocycles. The van der Waals surface area contributed by atoms with Crippen molar-refractivity contribution in [1.29, 1.82) is 0 Å². The first kappa shape index (κ1) is 14.0. The van der Waals surface area contributed by atoms with E-state index in [2.05, 4.69) is 16.6 Å². The zero-order chi connectivity index (χ0) is 13.3. The molecule has 1 heterocycles. The van der Waals surface area contributed by atoms with Gasteiger partial charge in [-0.25, -0.2) is 0 Å². The lowest BCUT2D eigenvalue weighted by Gasteiger charge is -2.56. The predicted octanol–water partition coefficient (Wildman–Crippen LogP) is 2.06. The lowest BCUT2D eigenvalue weighted by atomic mass is 9.61. The van der Waals surface area contributed by atoms with Crippen LogP contribution in [0.3, 0.4) is 0 Å². The maximum Gasteiger partial charge on any atom is 0.148 e. The summed E-state index contributed by atoms with van der Waals surface area (Å²) in [6.45, 7) is 7.08. The number of rotatable bonds is 3. The molecule has 3 radical (unpaired) electrons. The molecule has 0 N–H and O–H groups in total. The van der Waals surface area contributed by atoms with Crippen LogP contribution in [0.25, 0.3) is 0 Å². The molecular formula is C15H27B2N2. The standard InChI is InChI=1S/C15H27B2N2/c1-2-13-10-14-4-3-5-15(11-13,12-14)18-6-8-19(17-16)9-7-18/h13-14H,2-12H2,1H3. The van der Waals surface area contributed by atoms with Crippen LogP contribution in [0.5, 0.6) is 0 Å². The number of hydrogen-bond acceptors (Lipinski definition) is 2. The highest BCUT2D eigenvalue weighted by atomic mass is 15.3. The lowest BCUT2D eigenvalue weighted by molar-refractivity contribution is -0.0402. The van der Waals surface area contributed by atoms with E-state index in [4.69, 9.17) is 7.74 Å². The van der Waals surface area contributed by atoms with E-state index in [0.29, 0.717) is 5.54 Å². The molecule has 2 nitrogen and oxygen atoms in total. The van der Waals surface area contributed by atoms with E-state index < -0.39 is 0 Å². The average Bonchev–Trinajstić information content (AvgIpc) is 2.47. The first-order valence-corrected chi connectivity index (χ1v) is 8.30. The van der Waals surface area contributed by atoms with Gasteiger partial charge in [0.15, 0.2) is 0 Å². The van der Waals surface area contributed by atoms with Gasteiger partial charge in [-0.05, 0) is 50.6 Å². The van der Waals surface area contributed by atoms with Crippen LogP contribution in [0.4, 0.5) is 0 Å². The van der Waals surface area contributed by atoms with Crippen molar-refractivity contribution in [3.63, 3.8) is 0 Å². The summed E-state index contributed by atoms with van der Waals surface area (Å²) in [5.41, 5.74) is 0.558. The molecule has 0 amide bonds. The van der Waals surface area contributed by atoms with Gasteiger partial charge in [-0.2, -0.15) is 0 Å². The van der Waals surface area contributed by atoms with E-state index in [0.717, 1.165) is 24.9 Å². The van der Waals surface area contributed by atoms with Crippen molar-refractivity contribution in [2.75, 3.05) is 26.2 Å². The Morgan fingerprint density at radius 3 is 2.68 bits per heavy atom. The Kier molecular flexibility index (Phi) is 4.28. The van der Waals surface area contributed by atoms with Crippen LogP contribution in [0.2, 0.25) is 0 Å². The molecule has 4 heteroatoms. The Morgan fingerprint density at radius 2 is 2.00 bits per heavy atom. The average molecular weight is 257 g/mol. The van der Waals surface area contributed by atoms with Crippen molar-refractivity contribution in [1.82, 2.24) is 9.71 Å². The fourth-order valence-electron chi connectivity index (χ4n) is 5.01. The van der Waals surface area contributed by atoms with E-state index in [-0.39, 0.29) is 0 Å². The van der Waals surface area contributed by atoms with Crippen LogP contribution in [-0.2, 0) is 0 Å². The van der Waals surface area contributed by atoms with Crippen LogP contribution in [0, 0.1) is 11.8 Å². The third-order valence-corrected chi connectivity index (χ3v) is 6.03. The first-order valence-electron chi connectivity index (χ1n) is 8.30. The second-order valence-electron chi connectivity index (χ2n) is 7.07. The third kappa shape index (κ3) is 2.76. The van der Waals surface area contributed by atoms with Gasteiger partial charge in [-0.3, -0.25) is 4.90 Å². The Labute approximate surface area is 120 Å². The van der Waals surface area contributed by atoms with E-state index in [1.807, 2.05) is 0 Å². The number of nitrogens with zero attached hydrogens (tertiary/aromatic N) is 2. The molecule has 3 fully saturated rings. The Hall–Kier alpha value is 0.0499. The maximum atomic E-state index is 5.65. The van der Waals surface area contributed by atoms with Crippen LogP contribution in [-0.4, -0.2) is 56.5 Å². The van der Waals surface area contributed by atoms with Crippen molar-refractivity contribution in [2.24, 2.45) is 11.8 Å². The summed E-state index contributed by atoms with van der Waals surface area (Å²) in [6, 6.07) is 0. The molecule has 2 saturated carbocycles. The molecule has 0 aromatic heterocycles. The number of fused-ring (bicyclic) bond motifs is 2. The van der Waals surface area contributed by atoms with Gasteiger partial charge in [0.2, 0.25) is 0 Å². The highest BCUT2D eigenvalue weighted by Gasteiger charge is 2.46. The van der Waals surface area contributed by atoms with Crippen molar-refractivity contribution in [3.05, 3.63) is 0 Å². The van der Waals surface area contributed by atoms with Crippen molar-refractivity contribution >= 4 is 15.0 Å². The molecular weight excluding hydrogens is 230 g/mol. The minimum absolute atomic E-state index is 0.558. The molecule has 19 heavy (non-hydrogen) atoms. The summed E-state index contributed by atoms with van der Waals surface area (Å²) < 4.78 is 0. The molecule has 3 unspecified atom stereocenters. The zero-order valence-electron chi connectivity index (χ0n) is 12.5. The first-order chi connectivity index (χ1) is 9.25. The Balaban J connectivity index is 1.70. The molecule has 0 spiro atoms. The molecule has 3 aliphatic rings. The van der Waals surface area contributed by atoms with Crippen LogP contribution in [0.15, 0.2) is 0 Å². The summed E-state index contributed by atoms with van der Waals surface area (Å²) in [7, 11) is 7.42. The SMILES string of the molecule is [B][B]N1CCN(C23CCCC(CC(CC)C2)C3)CC1. The highest BCUT2D eigenvalue weighted by Crippen LogP contribution is 2.49. The lowest BCUT2D eigenvalue weighted by Crippen LogP contribution is -2.61. The fraction of sp³-hybridized carbons (Fsp3) is 1.00. The third-order valence-electron chi connectivity index (χ3n) is 6.03. The minimum Gasteiger partial charge on any atom is -0.354 e. The second-order valence-corrected chi connectivity index (χ2v) is 7.07. The van der Waals surface area contributed by atoms with Gasteiger partial charge in [0.1, 0.15) is 7.31 Å². The second kappa shape index (κ2) is 5.81. The van der Waals surface area contributed by atoms with Gasteiger partial charge in [0.05, 0.1) is 0 Å². The highest BCUT2D eigenvalue weighted by molar-refractivity contribution is 6.87. The normalized spacial score (nSPS) is 41.1. The fourth-order valence-corrected chi connectivity index (χ4v) is 5.01. The molecule has 103 valence electrons.